The number of hydrogen-bond acceptors (Lipinski definition) is 3. The van der Waals surface area contributed by atoms with Gasteiger partial charge in [0.2, 0.25) is 11.8 Å². The molecule has 3 N–H and O–H groups in total. The standard InChI is InChI=1S/C16H23N3O2/c1-4-9-17-11-15(20)18-10-13-5-7-14(8-6-13)19-16(21)12(2)3/h4-8,12,17H,1,9-11H2,2-3H3,(H,18,20)(H,19,21). The number of carbonyl (C=O) groups is 2. The van der Waals surface area contributed by atoms with E-state index in [1.165, 1.54) is 0 Å². The summed E-state index contributed by atoms with van der Waals surface area (Å²) in [4.78, 5) is 23.1. The maximum Gasteiger partial charge on any atom is 0.234 e. The van der Waals surface area contributed by atoms with Crippen LogP contribution in [0.3, 0.4) is 0 Å². The fourth-order valence-corrected chi connectivity index (χ4v) is 1.54. The van der Waals surface area contributed by atoms with E-state index in [4.69, 9.17) is 0 Å². The van der Waals surface area contributed by atoms with Gasteiger partial charge in [0, 0.05) is 24.7 Å². The molecule has 0 aliphatic heterocycles. The molecule has 0 atom stereocenters. The van der Waals surface area contributed by atoms with Crippen LogP contribution in [0.15, 0.2) is 36.9 Å². The van der Waals surface area contributed by atoms with E-state index >= 15 is 0 Å². The number of nitrogens with one attached hydrogen (secondary N) is 3. The summed E-state index contributed by atoms with van der Waals surface area (Å²) in [5.41, 5.74) is 1.74. The highest BCUT2D eigenvalue weighted by atomic mass is 16.2. The van der Waals surface area contributed by atoms with Gasteiger partial charge in [0.15, 0.2) is 0 Å². The summed E-state index contributed by atoms with van der Waals surface area (Å²) in [5.74, 6) is -0.120. The van der Waals surface area contributed by atoms with Crippen molar-refractivity contribution in [2.45, 2.75) is 20.4 Å². The van der Waals surface area contributed by atoms with E-state index in [0.29, 0.717) is 13.1 Å². The number of carbonyl (C=O) groups excluding carboxylic acids is 2. The van der Waals surface area contributed by atoms with Crippen LogP contribution in [-0.2, 0) is 16.1 Å². The van der Waals surface area contributed by atoms with Crippen molar-refractivity contribution in [3.05, 3.63) is 42.5 Å². The third-order valence-electron chi connectivity index (χ3n) is 2.81. The van der Waals surface area contributed by atoms with Crippen LogP contribution in [0.4, 0.5) is 5.69 Å². The molecule has 21 heavy (non-hydrogen) atoms. The Morgan fingerprint density at radius 3 is 2.48 bits per heavy atom. The number of hydrogen-bond donors (Lipinski definition) is 3. The molecular weight excluding hydrogens is 266 g/mol. The molecule has 0 aliphatic rings. The molecule has 0 spiro atoms. The lowest BCUT2D eigenvalue weighted by Crippen LogP contribution is -2.33. The predicted octanol–water partition coefficient (Wildman–Crippen LogP) is 1.67. The van der Waals surface area contributed by atoms with Gasteiger partial charge in [-0.1, -0.05) is 32.1 Å². The SMILES string of the molecule is C=CCNCC(=O)NCc1ccc(NC(=O)C(C)C)cc1. The van der Waals surface area contributed by atoms with Gasteiger partial charge in [-0.2, -0.15) is 0 Å². The van der Waals surface area contributed by atoms with Crippen molar-refractivity contribution in [1.29, 1.82) is 0 Å². The molecule has 114 valence electrons. The number of anilines is 1. The average Bonchev–Trinajstić information content (AvgIpc) is 2.46. The van der Waals surface area contributed by atoms with Crippen molar-refractivity contribution < 1.29 is 9.59 Å². The van der Waals surface area contributed by atoms with Crippen LogP contribution >= 0.6 is 0 Å². The average molecular weight is 289 g/mol. The third kappa shape index (κ3) is 6.72. The van der Waals surface area contributed by atoms with Crippen LogP contribution in [0.25, 0.3) is 0 Å². The fraction of sp³-hybridized carbons (Fsp3) is 0.375. The van der Waals surface area contributed by atoms with E-state index < -0.39 is 0 Å². The van der Waals surface area contributed by atoms with Gasteiger partial charge in [0.25, 0.3) is 0 Å². The summed E-state index contributed by atoms with van der Waals surface area (Å²) < 4.78 is 0. The first kappa shape index (κ1) is 16.9. The fourth-order valence-electron chi connectivity index (χ4n) is 1.54. The van der Waals surface area contributed by atoms with Gasteiger partial charge in [0.1, 0.15) is 0 Å². The molecular formula is C16H23N3O2. The van der Waals surface area contributed by atoms with Crippen molar-refractivity contribution in [3.8, 4) is 0 Å². The van der Waals surface area contributed by atoms with Gasteiger partial charge < -0.3 is 16.0 Å². The minimum Gasteiger partial charge on any atom is -0.351 e. The second-order valence-corrected chi connectivity index (χ2v) is 5.04. The summed E-state index contributed by atoms with van der Waals surface area (Å²) in [6.45, 7) is 8.61. The molecule has 0 aliphatic carbocycles. The van der Waals surface area contributed by atoms with Gasteiger partial charge in [-0.3, -0.25) is 9.59 Å². The molecule has 1 rings (SSSR count). The zero-order valence-corrected chi connectivity index (χ0v) is 12.6. The van der Waals surface area contributed by atoms with E-state index in [1.807, 2.05) is 38.1 Å². The van der Waals surface area contributed by atoms with Crippen LogP contribution in [0.5, 0.6) is 0 Å². The largest absolute Gasteiger partial charge is 0.351 e. The molecule has 0 unspecified atom stereocenters. The Morgan fingerprint density at radius 1 is 1.24 bits per heavy atom. The lowest BCUT2D eigenvalue weighted by Gasteiger charge is -2.09. The van der Waals surface area contributed by atoms with E-state index in [2.05, 4.69) is 22.5 Å². The Labute approximate surface area is 125 Å². The molecule has 0 radical (unpaired) electrons. The van der Waals surface area contributed by atoms with Gasteiger partial charge in [-0.15, -0.1) is 6.58 Å². The van der Waals surface area contributed by atoms with E-state index in [1.54, 1.807) is 6.08 Å². The highest BCUT2D eigenvalue weighted by Crippen LogP contribution is 2.10. The molecule has 2 amide bonds. The minimum absolute atomic E-state index is 0.00986. The Balaban J connectivity index is 2.39. The van der Waals surface area contributed by atoms with E-state index in [9.17, 15) is 9.59 Å². The molecule has 0 saturated heterocycles. The maximum atomic E-state index is 11.6. The first-order chi connectivity index (χ1) is 10.0. The van der Waals surface area contributed by atoms with E-state index in [0.717, 1.165) is 11.3 Å². The molecule has 0 fully saturated rings. The van der Waals surface area contributed by atoms with Gasteiger partial charge in [-0.05, 0) is 17.7 Å². The second kappa shape index (κ2) is 8.92. The van der Waals surface area contributed by atoms with Crippen molar-refractivity contribution in [3.63, 3.8) is 0 Å². The van der Waals surface area contributed by atoms with Gasteiger partial charge in [0.05, 0.1) is 6.54 Å². The normalized spacial score (nSPS) is 10.2. The zero-order chi connectivity index (χ0) is 15.7. The molecule has 5 nitrogen and oxygen atoms in total. The lowest BCUT2D eigenvalue weighted by molar-refractivity contribution is -0.120. The van der Waals surface area contributed by atoms with Crippen LogP contribution < -0.4 is 16.0 Å². The molecule has 0 saturated carbocycles. The number of benzene rings is 1. The number of rotatable bonds is 8. The zero-order valence-electron chi connectivity index (χ0n) is 12.6. The van der Waals surface area contributed by atoms with Crippen molar-refractivity contribution in [2.24, 2.45) is 5.92 Å². The summed E-state index contributed by atoms with van der Waals surface area (Å²) in [5, 5.41) is 8.57. The second-order valence-electron chi connectivity index (χ2n) is 5.04. The summed E-state index contributed by atoms with van der Waals surface area (Å²) in [7, 11) is 0. The van der Waals surface area contributed by atoms with Crippen LogP contribution in [0, 0.1) is 5.92 Å². The predicted molar refractivity (Wildman–Crippen MR) is 84.8 cm³/mol. The minimum atomic E-state index is -0.0611. The molecule has 5 heteroatoms. The first-order valence-corrected chi connectivity index (χ1v) is 7.01. The Bertz CT molecular complexity index is 481. The molecule has 1 aromatic carbocycles. The van der Waals surface area contributed by atoms with Crippen molar-refractivity contribution in [1.82, 2.24) is 10.6 Å². The van der Waals surface area contributed by atoms with Gasteiger partial charge >= 0.3 is 0 Å². The van der Waals surface area contributed by atoms with Crippen LogP contribution in [0.2, 0.25) is 0 Å². The Morgan fingerprint density at radius 2 is 1.90 bits per heavy atom. The smallest absolute Gasteiger partial charge is 0.234 e. The summed E-state index contributed by atoms with van der Waals surface area (Å²) >= 11 is 0. The molecule has 0 bridgehead atoms. The Kier molecular flexibility index (Phi) is 7.18. The highest BCUT2D eigenvalue weighted by molar-refractivity contribution is 5.92. The third-order valence-corrected chi connectivity index (χ3v) is 2.81. The van der Waals surface area contributed by atoms with Crippen LogP contribution in [-0.4, -0.2) is 24.9 Å². The van der Waals surface area contributed by atoms with Crippen molar-refractivity contribution in [2.75, 3.05) is 18.4 Å². The van der Waals surface area contributed by atoms with E-state index in [-0.39, 0.29) is 24.3 Å². The van der Waals surface area contributed by atoms with Gasteiger partial charge in [-0.25, -0.2) is 0 Å². The molecule has 0 aromatic heterocycles. The maximum absolute atomic E-state index is 11.6. The van der Waals surface area contributed by atoms with Crippen LogP contribution in [0.1, 0.15) is 19.4 Å². The quantitative estimate of drug-likeness (QED) is 0.503. The topological polar surface area (TPSA) is 70.2 Å². The summed E-state index contributed by atoms with van der Waals surface area (Å²) in [6.07, 6.45) is 1.71. The lowest BCUT2D eigenvalue weighted by atomic mass is 10.1. The number of amides is 2. The highest BCUT2D eigenvalue weighted by Gasteiger charge is 2.06. The monoisotopic (exact) mass is 289 g/mol. The first-order valence-electron chi connectivity index (χ1n) is 7.01. The Hall–Kier alpha value is -2.14. The summed E-state index contributed by atoms with van der Waals surface area (Å²) in [6, 6.07) is 7.43. The van der Waals surface area contributed by atoms with Crippen molar-refractivity contribution >= 4 is 17.5 Å². The molecule has 0 heterocycles. The molecule has 1 aromatic rings.